The van der Waals surface area contributed by atoms with E-state index in [0.29, 0.717) is 34.4 Å². The Kier molecular flexibility index (Phi) is 5.81. The Labute approximate surface area is 185 Å². The van der Waals surface area contributed by atoms with E-state index in [9.17, 15) is 9.59 Å². The van der Waals surface area contributed by atoms with Crippen LogP contribution in [0.1, 0.15) is 12.5 Å². The topological polar surface area (TPSA) is 77.5 Å². The van der Waals surface area contributed by atoms with E-state index in [1.807, 2.05) is 10.6 Å². The number of halogens is 1. The number of piperazine rings is 1. The molecule has 1 fully saturated rings. The Morgan fingerprint density at radius 2 is 1.81 bits per heavy atom. The molecule has 0 amide bonds. The average Bonchev–Trinajstić information content (AvgIpc) is 3.17. The molecule has 9 nitrogen and oxygen atoms in total. The molecule has 0 bridgehead atoms. The molecule has 4 rings (SSSR count). The number of methoxy groups -OCH3 is 1. The van der Waals surface area contributed by atoms with E-state index in [-0.39, 0.29) is 5.56 Å². The summed E-state index contributed by atoms with van der Waals surface area (Å²) in [6.07, 6.45) is 0. The lowest BCUT2D eigenvalue weighted by Gasteiger charge is -2.34. The van der Waals surface area contributed by atoms with Crippen molar-refractivity contribution in [3.63, 3.8) is 0 Å². The Hall–Kier alpha value is -2.78. The first-order chi connectivity index (χ1) is 14.8. The van der Waals surface area contributed by atoms with Gasteiger partial charge in [0.15, 0.2) is 11.2 Å². The number of aryl methyl sites for hydroxylation is 1. The maximum absolute atomic E-state index is 13.1. The number of fused-ring (bicyclic) bond motifs is 1. The maximum Gasteiger partial charge on any atom is 0.332 e. The van der Waals surface area contributed by atoms with Crippen molar-refractivity contribution in [1.82, 2.24) is 23.6 Å². The number of hydrogen-bond donors (Lipinski definition) is 0. The Bertz CT molecular complexity index is 1240. The Morgan fingerprint density at radius 1 is 1.10 bits per heavy atom. The predicted octanol–water partition coefficient (Wildman–Crippen LogP) is 1.29. The molecule has 1 aromatic carbocycles. The predicted molar refractivity (Wildman–Crippen MR) is 122 cm³/mol. The van der Waals surface area contributed by atoms with E-state index in [4.69, 9.17) is 21.3 Å². The molecule has 166 valence electrons. The number of rotatable bonds is 5. The van der Waals surface area contributed by atoms with Gasteiger partial charge in [0.1, 0.15) is 5.75 Å². The quantitative estimate of drug-likeness (QED) is 0.587. The minimum Gasteiger partial charge on any atom is -0.497 e. The highest BCUT2D eigenvalue weighted by atomic mass is 35.5. The first kappa shape index (κ1) is 21.5. The van der Waals surface area contributed by atoms with Crippen LogP contribution in [-0.4, -0.2) is 63.4 Å². The lowest BCUT2D eigenvalue weighted by atomic mass is 10.2. The van der Waals surface area contributed by atoms with Crippen LogP contribution < -0.4 is 20.9 Å². The minimum atomic E-state index is -0.399. The average molecular weight is 447 g/mol. The van der Waals surface area contributed by atoms with Crippen molar-refractivity contribution < 1.29 is 4.74 Å². The number of hydrogen-bond acceptors (Lipinski definition) is 6. The van der Waals surface area contributed by atoms with Gasteiger partial charge in [0.05, 0.1) is 13.7 Å². The standard InChI is InChI=1S/C21H27ClN6O3/c1-5-26-8-10-27(11-9-26)20-23-18-17(19(29)25(3)21(30)24(18)2)28(20)13-14-12-15(31-4)6-7-16(14)22/h6-7,12H,5,8-11,13H2,1-4H3. The van der Waals surface area contributed by atoms with E-state index in [2.05, 4.69) is 16.7 Å². The number of benzene rings is 1. The van der Waals surface area contributed by atoms with Crippen molar-refractivity contribution in [3.05, 3.63) is 49.6 Å². The normalized spacial score (nSPS) is 15.1. The van der Waals surface area contributed by atoms with Gasteiger partial charge < -0.3 is 14.5 Å². The van der Waals surface area contributed by atoms with Gasteiger partial charge in [-0.1, -0.05) is 18.5 Å². The third-order valence-electron chi connectivity index (χ3n) is 6.01. The fourth-order valence-electron chi connectivity index (χ4n) is 4.06. The van der Waals surface area contributed by atoms with Gasteiger partial charge in [-0.2, -0.15) is 4.98 Å². The smallest absolute Gasteiger partial charge is 0.332 e. The zero-order valence-corrected chi connectivity index (χ0v) is 19.0. The van der Waals surface area contributed by atoms with Crippen molar-refractivity contribution in [3.8, 4) is 5.75 Å². The number of nitrogens with zero attached hydrogens (tertiary/aromatic N) is 6. The van der Waals surface area contributed by atoms with Gasteiger partial charge in [0, 0.05) is 45.3 Å². The zero-order valence-electron chi connectivity index (χ0n) is 18.3. The molecule has 31 heavy (non-hydrogen) atoms. The van der Waals surface area contributed by atoms with Crippen LogP contribution in [0.3, 0.4) is 0 Å². The summed E-state index contributed by atoms with van der Waals surface area (Å²) in [6.45, 7) is 6.89. The van der Waals surface area contributed by atoms with Crippen molar-refractivity contribution in [1.29, 1.82) is 0 Å². The molecule has 3 heterocycles. The SMILES string of the molecule is CCN1CCN(c2nc3c(c(=O)n(C)c(=O)n3C)n2Cc2cc(OC)ccc2Cl)CC1. The van der Waals surface area contributed by atoms with Crippen LogP contribution >= 0.6 is 11.6 Å². The van der Waals surface area contributed by atoms with Crippen LogP contribution in [0, 0.1) is 0 Å². The second-order valence-corrected chi connectivity index (χ2v) is 8.16. The molecule has 1 aliphatic heterocycles. The van der Waals surface area contributed by atoms with Crippen LogP contribution in [0.25, 0.3) is 11.2 Å². The lowest BCUT2D eigenvalue weighted by molar-refractivity contribution is 0.269. The lowest BCUT2D eigenvalue weighted by Crippen LogP contribution is -2.47. The van der Waals surface area contributed by atoms with E-state index in [0.717, 1.165) is 42.9 Å². The summed E-state index contributed by atoms with van der Waals surface area (Å²) in [5.41, 5.74) is 0.799. The molecular weight excluding hydrogens is 420 g/mol. The van der Waals surface area contributed by atoms with E-state index >= 15 is 0 Å². The minimum absolute atomic E-state index is 0.337. The number of anilines is 1. The van der Waals surface area contributed by atoms with Crippen LogP contribution in [0.15, 0.2) is 27.8 Å². The monoisotopic (exact) mass is 446 g/mol. The zero-order chi connectivity index (χ0) is 22.3. The first-order valence-corrected chi connectivity index (χ1v) is 10.7. The van der Waals surface area contributed by atoms with Crippen molar-refractivity contribution in [2.75, 3.05) is 44.7 Å². The van der Waals surface area contributed by atoms with Crippen molar-refractivity contribution in [2.45, 2.75) is 13.5 Å². The van der Waals surface area contributed by atoms with Crippen molar-refractivity contribution >= 4 is 28.7 Å². The molecule has 10 heteroatoms. The molecule has 0 aliphatic carbocycles. The van der Waals surface area contributed by atoms with Gasteiger partial charge in [-0.05, 0) is 30.3 Å². The molecule has 0 spiro atoms. The van der Waals surface area contributed by atoms with Crippen LogP contribution in [0.2, 0.25) is 5.02 Å². The number of imidazole rings is 1. The van der Waals surface area contributed by atoms with Crippen LogP contribution in [-0.2, 0) is 20.6 Å². The second kappa shape index (κ2) is 8.39. The molecular formula is C21H27ClN6O3. The maximum atomic E-state index is 13.1. The van der Waals surface area contributed by atoms with Gasteiger partial charge in [-0.25, -0.2) is 4.79 Å². The van der Waals surface area contributed by atoms with E-state index < -0.39 is 5.69 Å². The fourth-order valence-corrected chi connectivity index (χ4v) is 4.24. The van der Waals surface area contributed by atoms with Gasteiger partial charge in [0.2, 0.25) is 5.95 Å². The highest BCUT2D eigenvalue weighted by Crippen LogP contribution is 2.27. The van der Waals surface area contributed by atoms with E-state index in [1.54, 1.807) is 26.3 Å². The van der Waals surface area contributed by atoms with Gasteiger partial charge in [0.25, 0.3) is 5.56 Å². The van der Waals surface area contributed by atoms with Crippen LogP contribution in [0.4, 0.5) is 5.95 Å². The Balaban J connectivity index is 1.91. The number of ether oxygens (including phenoxy) is 1. The molecule has 0 saturated carbocycles. The van der Waals surface area contributed by atoms with Crippen LogP contribution in [0.5, 0.6) is 5.75 Å². The third-order valence-corrected chi connectivity index (χ3v) is 6.38. The summed E-state index contributed by atoms with van der Waals surface area (Å²) in [5.74, 6) is 1.35. The molecule has 1 aliphatic rings. The van der Waals surface area contributed by atoms with E-state index in [1.165, 1.54) is 11.6 Å². The molecule has 0 radical (unpaired) electrons. The van der Waals surface area contributed by atoms with Crippen molar-refractivity contribution in [2.24, 2.45) is 14.1 Å². The number of aromatic nitrogens is 4. The second-order valence-electron chi connectivity index (χ2n) is 7.75. The largest absolute Gasteiger partial charge is 0.497 e. The molecule has 0 atom stereocenters. The third kappa shape index (κ3) is 3.72. The molecule has 0 unspecified atom stereocenters. The summed E-state index contributed by atoms with van der Waals surface area (Å²) in [6, 6.07) is 5.44. The Morgan fingerprint density at radius 3 is 2.45 bits per heavy atom. The highest BCUT2D eigenvalue weighted by Gasteiger charge is 2.25. The fraction of sp³-hybridized carbons (Fsp3) is 0.476. The first-order valence-electron chi connectivity index (χ1n) is 10.3. The molecule has 0 N–H and O–H groups in total. The number of likely N-dealkylation sites (N-methyl/N-ethyl adjacent to an activating group) is 1. The van der Waals surface area contributed by atoms with Gasteiger partial charge in [-0.15, -0.1) is 0 Å². The summed E-state index contributed by atoms with van der Waals surface area (Å²) in [4.78, 5) is 34.9. The summed E-state index contributed by atoms with van der Waals surface area (Å²) in [5, 5.41) is 0.575. The van der Waals surface area contributed by atoms with Gasteiger partial charge in [-0.3, -0.25) is 18.5 Å². The molecule has 3 aromatic rings. The van der Waals surface area contributed by atoms with Gasteiger partial charge >= 0.3 is 5.69 Å². The summed E-state index contributed by atoms with van der Waals surface area (Å²) in [7, 11) is 4.72. The molecule has 1 saturated heterocycles. The summed E-state index contributed by atoms with van der Waals surface area (Å²) < 4.78 is 9.77. The summed E-state index contributed by atoms with van der Waals surface area (Å²) >= 11 is 6.48. The highest BCUT2D eigenvalue weighted by molar-refractivity contribution is 6.31. The molecule has 2 aromatic heterocycles.